The molecule has 3 rings (SSSR count). The van der Waals surface area contributed by atoms with Crippen molar-refractivity contribution in [2.24, 2.45) is 0 Å². The van der Waals surface area contributed by atoms with E-state index in [-0.39, 0.29) is 5.91 Å². The molecule has 0 saturated heterocycles. The van der Waals surface area contributed by atoms with Crippen molar-refractivity contribution in [3.63, 3.8) is 0 Å². The molecule has 6 heteroatoms. The highest BCUT2D eigenvalue weighted by Gasteiger charge is 2.18. The van der Waals surface area contributed by atoms with E-state index in [0.717, 1.165) is 15.5 Å². The molecule has 5 nitrogen and oxygen atoms in total. The van der Waals surface area contributed by atoms with Crippen LogP contribution in [0.1, 0.15) is 6.42 Å². The van der Waals surface area contributed by atoms with Crippen molar-refractivity contribution < 1.29 is 14.3 Å². The Hall–Kier alpha value is -2.18. The molecular weight excluding hydrogens is 324 g/mol. The summed E-state index contributed by atoms with van der Waals surface area (Å²) in [5, 5.41) is 5.96. The van der Waals surface area contributed by atoms with Crippen LogP contribution >= 0.6 is 11.8 Å². The molecule has 0 atom stereocenters. The van der Waals surface area contributed by atoms with Crippen LogP contribution in [0.5, 0.6) is 11.5 Å². The van der Waals surface area contributed by atoms with Gasteiger partial charge in [-0.15, -0.1) is 0 Å². The molecule has 126 valence electrons. The van der Waals surface area contributed by atoms with Gasteiger partial charge in [0, 0.05) is 34.9 Å². The number of hydrogen-bond acceptors (Lipinski definition) is 5. The lowest BCUT2D eigenvalue weighted by atomic mass is 10.2. The third kappa shape index (κ3) is 4.21. The van der Waals surface area contributed by atoms with Crippen LogP contribution in [0.3, 0.4) is 0 Å². The molecule has 0 bridgehead atoms. The summed E-state index contributed by atoms with van der Waals surface area (Å²) in [6.45, 7) is 1.69. The Kier molecular flexibility index (Phi) is 5.61. The standard InChI is InChI=1S/C18H20N2O3S/c1-19-8-7-18(21)20-14-11-15-16(23-10-9-22-15)12-17(14)24-13-5-3-2-4-6-13/h2-6,11-12,19H,7-10H2,1H3,(H,20,21). The van der Waals surface area contributed by atoms with Gasteiger partial charge in [0.1, 0.15) is 13.2 Å². The molecule has 2 aromatic rings. The summed E-state index contributed by atoms with van der Waals surface area (Å²) in [6, 6.07) is 13.8. The van der Waals surface area contributed by atoms with Crippen LogP contribution in [0.2, 0.25) is 0 Å². The maximum Gasteiger partial charge on any atom is 0.225 e. The van der Waals surface area contributed by atoms with Gasteiger partial charge in [-0.2, -0.15) is 0 Å². The number of rotatable bonds is 6. The third-order valence-electron chi connectivity index (χ3n) is 3.49. The molecule has 1 aliphatic heterocycles. The topological polar surface area (TPSA) is 59.6 Å². The van der Waals surface area contributed by atoms with Crippen LogP contribution in [-0.2, 0) is 4.79 Å². The van der Waals surface area contributed by atoms with Crippen LogP contribution < -0.4 is 20.1 Å². The van der Waals surface area contributed by atoms with E-state index >= 15 is 0 Å². The van der Waals surface area contributed by atoms with Gasteiger partial charge in [-0.1, -0.05) is 30.0 Å². The number of ether oxygens (including phenoxy) is 2. The van der Waals surface area contributed by atoms with Crippen LogP contribution in [0.4, 0.5) is 5.69 Å². The number of benzene rings is 2. The molecule has 2 aromatic carbocycles. The van der Waals surface area contributed by atoms with Gasteiger partial charge in [-0.05, 0) is 19.2 Å². The summed E-state index contributed by atoms with van der Waals surface area (Å²) in [7, 11) is 1.83. The summed E-state index contributed by atoms with van der Waals surface area (Å²) in [4.78, 5) is 14.1. The number of amides is 1. The number of fused-ring (bicyclic) bond motifs is 1. The highest BCUT2D eigenvalue weighted by molar-refractivity contribution is 7.99. The van der Waals surface area contributed by atoms with Gasteiger partial charge >= 0.3 is 0 Å². The lowest BCUT2D eigenvalue weighted by Crippen LogP contribution is -2.20. The van der Waals surface area contributed by atoms with Gasteiger partial charge in [-0.25, -0.2) is 0 Å². The first-order chi connectivity index (χ1) is 11.8. The molecule has 0 radical (unpaired) electrons. The predicted octanol–water partition coefficient (Wildman–Crippen LogP) is 3.16. The Labute approximate surface area is 145 Å². The molecular formula is C18H20N2O3S. The van der Waals surface area contributed by atoms with Gasteiger partial charge in [0.25, 0.3) is 0 Å². The number of carbonyl (C=O) groups excluding carboxylic acids is 1. The molecule has 1 amide bonds. The molecule has 1 heterocycles. The highest BCUT2D eigenvalue weighted by Crippen LogP contribution is 2.42. The van der Waals surface area contributed by atoms with Crippen LogP contribution in [0.25, 0.3) is 0 Å². The fraction of sp³-hybridized carbons (Fsp3) is 0.278. The number of hydrogen-bond donors (Lipinski definition) is 2. The maximum atomic E-state index is 12.1. The minimum Gasteiger partial charge on any atom is -0.486 e. The Morgan fingerprint density at radius 3 is 2.54 bits per heavy atom. The largest absolute Gasteiger partial charge is 0.486 e. The average molecular weight is 344 g/mol. The number of carbonyl (C=O) groups is 1. The second-order valence-corrected chi connectivity index (χ2v) is 6.42. The molecule has 0 aliphatic carbocycles. The SMILES string of the molecule is CNCCC(=O)Nc1cc2c(cc1Sc1ccccc1)OCCO2. The van der Waals surface area contributed by atoms with Crippen LogP contribution in [0.15, 0.2) is 52.3 Å². The lowest BCUT2D eigenvalue weighted by Gasteiger charge is -2.21. The number of nitrogens with one attached hydrogen (secondary N) is 2. The molecule has 1 aliphatic rings. The first-order valence-electron chi connectivity index (χ1n) is 7.87. The van der Waals surface area contributed by atoms with Crippen LogP contribution in [-0.4, -0.2) is 32.7 Å². The molecule has 0 unspecified atom stereocenters. The number of anilines is 1. The Balaban J connectivity index is 1.87. The quantitative estimate of drug-likeness (QED) is 0.843. The van der Waals surface area contributed by atoms with E-state index in [1.165, 1.54) is 0 Å². The smallest absolute Gasteiger partial charge is 0.225 e. The first kappa shape index (κ1) is 16.7. The first-order valence-corrected chi connectivity index (χ1v) is 8.69. The van der Waals surface area contributed by atoms with E-state index in [1.54, 1.807) is 11.8 Å². The molecule has 0 spiro atoms. The van der Waals surface area contributed by atoms with E-state index in [0.29, 0.717) is 37.7 Å². The van der Waals surface area contributed by atoms with Crippen molar-refractivity contribution in [1.29, 1.82) is 0 Å². The zero-order valence-electron chi connectivity index (χ0n) is 13.5. The van der Waals surface area contributed by atoms with Gasteiger partial charge in [0.15, 0.2) is 11.5 Å². The van der Waals surface area contributed by atoms with Crippen molar-refractivity contribution in [3.05, 3.63) is 42.5 Å². The zero-order chi connectivity index (χ0) is 16.8. The lowest BCUT2D eigenvalue weighted by molar-refractivity contribution is -0.116. The van der Waals surface area contributed by atoms with E-state index < -0.39 is 0 Å². The molecule has 24 heavy (non-hydrogen) atoms. The second-order valence-electron chi connectivity index (χ2n) is 5.31. The predicted molar refractivity (Wildman–Crippen MR) is 95.2 cm³/mol. The maximum absolute atomic E-state index is 12.1. The van der Waals surface area contributed by atoms with E-state index in [2.05, 4.69) is 10.6 Å². The average Bonchev–Trinajstić information content (AvgIpc) is 2.61. The molecule has 2 N–H and O–H groups in total. The molecule has 0 fully saturated rings. The third-order valence-corrected chi connectivity index (χ3v) is 4.56. The fourth-order valence-electron chi connectivity index (χ4n) is 2.32. The minimum absolute atomic E-state index is 0.0315. The van der Waals surface area contributed by atoms with Crippen molar-refractivity contribution >= 4 is 23.4 Å². The second kappa shape index (κ2) is 8.08. The summed E-state index contributed by atoms with van der Waals surface area (Å²) < 4.78 is 11.3. The normalized spacial score (nSPS) is 12.7. The van der Waals surface area contributed by atoms with Gasteiger partial charge < -0.3 is 20.1 Å². The van der Waals surface area contributed by atoms with Gasteiger partial charge in [0.05, 0.1) is 5.69 Å². The summed E-state index contributed by atoms with van der Waals surface area (Å²) in [6.07, 6.45) is 0.417. The van der Waals surface area contributed by atoms with Crippen molar-refractivity contribution in [1.82, 2.24) is 5.32 Å². The monoisotopic (exact) mass is 344 g/mol. The van der Waals surface area contributed by atoms with Gasteiger partial charge in [-0.3, -0.25) is 4.79 Å². The minimum atomic E-state index is -0.0315. The van der Waals surface area contributed by atoms with Crippen molar-refractivity contribution in [3.8, 4) is 11.5 Å². The fourth-order valence-corrected chi connectivity index (χ4v) is 3.25. The summed E-state index contributed by atoms with van der Waals surface area (Å²) in [5.74, 6) is 1.35. The van der Waals surface area contributed by atoms with Crippen LogP contribution in [0, 0.1) is 0 Å². The summed E-state index contributed by atoms with van der Waals surface area (Å²) in [5.41, 5.74) is 0.745. The van der Waals surface area contributed by atoms with E-state index in [9.17, 15) is 4.79 Å². The van der Waals surface area contributed by atoms with E-state index in [1.807, 2.05) is 49.5 Å². The van der Waals surface area contributed by atoms with Crippen molar-refractivity contribution in [2.75, 3.05) is 32.1 Å². The zero-order valence-corrected chi connectivity index (χ0v) is 14.3. The Bertz CT molecular complexity index is 707. The van der Waals surface area contributed by atoms with Crippen molar-refractivity contribution in [2.45, 2.75) is 16.2 Å². The Morgan fingerprint density at radius 2 is 1.83 bits per heavy atom. The Morgan fingerprint density at radius 1 is 1.12 bits per heavy atom. The van der Waals surface area contributed by atoms with Gasteiger partial charge in [0.2, 0.25) is 5.91 Å². The highest BCUT2D eigenvalue weighted by atomic mass is 32.2. The van der Waals surface area contributed by atoms with E-state index in [4.69, 9.17) is 9.47 Å². The molecule has 0 aromatic heterocycles. The molecule has 0 saturated carbocycles. The summed E-state index contributed by atoms with van der Waals surface area (Å²) >= 11 is 1.59.